The fraction of sp³-hybridized carbons (Fsp3) is 0.316. The standard InChI is InChI=1S/C19H19ClN2O2S2/c1-5-24-19(23)16-10(2)15-17(21-12(4)22-18(15)26-16)25-11(3)13-8-6-7-9-14(13)20/h6-9,11H,5H2,1-4H3/t11-/m1/s1. The fourth-order valence-electron chi connectivity index (χ4n) is 2.72. The van der Waals surface area contributed by atoms with Crippen LogP contribution in [0.3, 0.4) is 0 Å². The van der Waals surface area contributed by atoms with Gasteiger partial charge in [0.2, 0.25) is 0 Å². The zero-order valence-corrected chi connectivity index (χ0v) is 17.4. The van der Waals surface area contributed by atoms with Crippen molar-refractivity contribution in [1.29, 1.82) is 0 Å². The van der Waals surface area contributed by atoms with Crippen molar-refractivity contribution in [2.45, 2.75) is 38.0 Å². The van der Waals surface area contributed by atoms with Crippen molar-refractivity contribution >= 4 is 50.9 Å². The molecule has 1 aromatic carbocycles. The number of nitrogens with zero attached hydrogens (tertiary/aromatic N) is 2. The molecule has 0 aliphatic heterocycles. The minimum Gasteiger partial charge on any atom is -0.462 e. The number of fused-ring (bicyclic) bond motifs is 1. The van der Waals surface area contributed by atoms with E-state index in [1.807, 2.05) is 38.1 Å². The number of rotatable bonds is 5. The van der Waals surface area contributed by atoms with Gasteiger partial charge in [-0.25, -0.2) is 14.8 Å². The van der Waals surface area contributed by atoms with Crippen molar-refractivity contribution in [1.82, 2.24) is 9.97 Å². The molecule has 0 saturated heterocycles. The molecule has 0 unspecified atom stereocenters. The van der Waals surface area contributed by atoms with Gasteiger partial charge in [-0.3, -0.25) is 0 Å². The lowest BCUT2D eigenvalue weighted by Crippen LogP contribution is -2.03. The van der Waals surface area contributed by atoms with Gasteiger partial charge in [0, 0.05) is 15.7 Å². The molecule has 0 radical (unpaired) electrons. The van der Waals surface area contributed by atoms with E-state index >= 15 is 0 Å². The zero-order chi connectivity index (χ0) is 18.8. The van der Waals surface area contributed by atoms with E-state index in [1.54, 1.807) is 18.7 Å². The molecule has 0 fully saturated rings. The quantitative estimate of drug-likeness (QED) is 0.296. The van der Waals surface area contributed by atoms with Crippen molar-refractivity contribution in [2.75, 3.05) is 6.61 Å². The molecule has 2 aromatic heterocycles. The Balaban J connectivity index is 2.05. The van der Waals surface area contributed by atoms with Gasteiger partial charge >= 0.3 is 5.97 Å². The highest BCUT2D eigenvalue weighted by Gasteiger charge is 2.22. The summed E-state index contributed by atoms with van der Waals surface area (Å²) in [4.78, 5) is 22.8. The van der Waals surface area contributed by atoms with Gasteiger partial charge in [-0.05, 0) is 44.9 Å². The van der Waals surface area contributed by atoms with Crippen LogP contribution in [-0.2, 0) is 4.74 Å². The number of aromatic nitrogens is 2. The van der Waals surface area contributed by atoms with E-state index < -0.39 is 0 Å². The summed E-state index contributed by atoms with van der Waals surface area (Å²) < 4.78 is 5.17. The first-order valence-electron chi connectivity index (χ1n) is 8.28. The molecule has 1 atom stereocenters. The van der Waals surface area contributed by atoms with E-state index in [9.17, 15) is 4.79 Å². The molecule has 0 aliphatic rings. The number of halogens is 1. The number of aryl methyl sites for hydroxylation is 2. The number of thiophene rings is 1. The molecule has 0 N–H and O–H groups in total. The average Bonchev–Trinajstić information content (AvgIpc) is 2.92. The van der Waals surface area contributed by atoms with Crippen LogP contribution >= 0.6 is 34.7 Å². The summed E-state index contributed by atoms with van der Waals surface area (Å²) in [5, 5.41) is 2.65. The van der Waals surface area contributed by atoms with Gasteiger partial charge in [-0.1, -0.05) is 41.6 Å². The van der Waals surface area contributed by atoms with Crippen molar-refractivity contribution in [3.8, 4) is 0 Å². The summed E-state index contributed by atoms with van der Waals surface area (Å²) in [5.41, 5.74) is 1.93. The Hall–Kier alpha value is -1.63. The van der Waals surface area contributed by atoms with Crippen molar-refractivity contribution in [2.24, 2.45) is 0 Å². The first-order valence-corrected chi connectivity index (χ1v) is 10.4. The van der Waals surface area contributed by atoms with E-state index in [4.69, 9.17) is 16.3 Å². The molecule has 4 nitrogen and oxygen atoms in total. The molecule has 0 bridgehead atoms. The lowest BCUT2D eigenvalue weighted by atomic mass is 10.2. The van der Waals surface area contributed by atoms with E-state index in [2.05, 4.69) is 16.9 Å². The predicted octanol–water partition coefficient (Wildman–Crippen LogP) is 5.99. The van der Waals surface area contributed by atoms with Crippen molar-refractivity contribution in [3.05, 3.63) is 51.1 Å². The SMILES string of the molecule is CCOC(=O)c1sc2nc(C)nc(S[C@H](C)c3ccccc3Cl)c2c1C. The first kappa shape index (κ1) is 19.1. The zero-order valence-electron chi connectivity index (χ0n) is 15.0. The Morgan fingerprint density at radius 3 is 2.73 bits per heavy atom. The van der Waals surface area contributed by atoms with E-state index in [1.165, 1.54) is 11.3 Å². The average molecular weight is 407 g/mol. The molecule has 2 heterocycles. The second-order valence-corrected chi connectivity index (χ2v) is 8.55. The van der Waals surface area contributed by atoms with Gasteiger partial charge in [-0.2, -0.15) is 0 Å². The highest BCUT2D eigenvalue weighted by molar-refractivity contribution is 7.99. The number of carbonyl (C=O) groups is 1. The number of esters is 1. The van der Waals surface area contributed by atoms with Gasteiger partial charge in [0.15, 0.2) is 0 Å². The molecule has 0 saturated carbocycles. The third-order valence-electron chi connectivity index (χ3n) is 3.96. The molecule has 3 rings (SSSR count). The lowest BCUT2D eigenvalue weighted by molar-refractivity contribution is 0.0531. The van der Waals surface area contributed by atoms with E-state index in [0.717, 1.165) is 31.4 Å². The van der Waals surface area contributed by atoms with Crippen LogP contribution in [0.5, 0.6) is 0 Å². The number of thioether (sulfide) groups is 1. The van der Waals surface area contributed by atoms with Crippen LogP contribution in [0.2, 0.25) is 5.02 Å². The molecule has 3 aromatic rings. The minimum atomic E-state index is -0.305. The second kappa shape index (κ2) is 7.94. The molecule has 0 spiro atoms. The number of hydrogen-bond acceptors (Lipinski definition) is 6. The molecule has 0 amide bonds. The Bertz CT molecular complexity index is 972. The first-order chi connectivity index (χ1) is 12.4. The number of carbonyl (C=O) groups excluding carboxylic acids is 1. The Labute approximate surface area is 166 Å². The molecule has 136 valence electrons. The van der Waals surface area contributed by atoms with Crippen LogP contribution in [0.25, 0.3) is 10.2 Å². The summed E-state index contributed by atoms with van der Waals surface area (Å²) in [6.45, 7) is 8.04. The number of hydrogen-bond donors (Lipinski definition) is 0. The van der Waals surface area contributed by atoms with Crippen LogP contribution in [0.15, 0.2) is 29.3 Å². The summed E-state index contributed by atoms with van der Waals surface area (Å²) in [6.07, 6.45) is 0. The topological polar surface area (TPSA) is 52.1 Å². The van der Waals surface area contributed by atoms with Crippen molar-refractivity contribution in [3.63, 3.8) is 0 Å². The van der Waals surface area contributed by atoms with Gasteiger partial charge in [-0.15, -0.1) is 11.3 Å². The number of ether oxygens (including phenoxy) is 1. The third kappa shape index (κ3) is 3.72. The van der Waals surface area contributed by atoms with Gasteiger partial charge in [0.25, 0.3) is 0 Å². The lowest BCUT2D eigenvalue weighted by Gasteiger charge is -2.14. The Morgan fingerprint density at radius 2 is 2.04 bits per heavy atom. The maximum absolute atomic E-state index is 12.2. The highest BCUT2D eigenvalue weighted by Crippen LogP contribution is 2.42. The van der Waals surface area contributed by atoms with Crippen LogP contribution in [0, 0.1) is 13.8 Å². The summed E-state index contributed by atoms with van der Waals surface area (Å²) in [5.74, 6) is 0.378. The molecule has 7 heteroatoms. The van der Waals surface area contributed by atoms with Gasteiger partial charge in [0.05, 0.1) is 6.61 Å². The van der Waals surface area contributed by atoms with Crippen LogP contribution in [-0.4, -0.2) is 22.5 Å². The minimum absolute atomic E-state index is 0.117. The summed E-state index contributed by atoms with van der Waals surface area (Å²) in [7, 11) is 0. The molecular weight excluding hydrogens is 388 g/mol. The largest absolute Gasteiger partial charge is 0.462 e. The highest BCUT2D eigenvalue weighted by atomic mass is 35.5. The Kier molecular flexibility index (Phi) is 5.85. The smallest absolute Gasteiger partial charge is 0.348 e. The predicted molar refractivity (Wildman–Crippen MR) is 109 cm³/mol. The van der Waals surface area contributed by atoms with Gasteiger partial charge < -0.3 is 4.74 Å². The monoisotopic (exact) mass is 406 g/mol. The van der Waals surface area contributed by atoms with Gasteiger partial charge in [0.1, 0.15) is 20.6 Å². The van der Waals surface area contributed by atoms with Crippen molar-refractivity contribution < 1.29 is 9.53 Å². The van der Waals surface area contributed by atoms with Crippen LogP contribution in [0.4, 0.5) is 0 Å². The van der Waals surface area contributed by atoms with Crippen LogP contribution in [0.1, 0.15) is 45.7 Å². The number of benzene rings is 1. The molecular formula is C19H19ClN2O2S2. The maximum atomic E-state index is 12.2. The molecule has 26 heavy (non-hydrogen) atoms. The molecule has 0 aliphatic carbocycles. The van der Waals surface area contributed by atoms with Crippen LogP contribution < -0.4 is 0 Å². The summed E-state index contributed by atoms with van der Waals surface area (Å²) >= 11 is 9.33. The fourth-order valence-corrected chi connectivity index (χ4v) is 5.48. The van der Waals surface area contributed by atoms with E-state index in [-0.39, 0.29) is 11.2 Å². The normalized spacial score (nSPS) is 12.3. The maximum Gasteiger partial charge on any atom is 0.348 e. The third-order valence-corrected chi connectivity index (χ3v) is 6.60. The Morgan fingerprint density at radius 1 is 1.31 bits per heavy atom. The summed E-state index contributed by atoms with van der Waals surface area (Å²) in [6, 6.07) is 7.82. The second-order valence-electron chi connectivity index (χ2n) is 5.81. The van der Waals surface area contributed by atoms with E-state index in [0.29, 0.717) is 17.3 Å².